The van der Waals surface area contributed by atoms with Crippen molar-refractivity contribution in [2.75, 3.05) is 45.2 Å². The number of nitrogens with zero attached hydrogens (tertiary/aromatic N) is 4. The van der Waals surface area contributed by atoms with E-state index >= 15 is 0 Å². The van der Waals surface area contributed by atoms with Gasteiger partial charge in [-0.1, -0.05) is 0 Å². The van der Waals surface area contributed by atoms with E-state index in [2.05, 4.69) is 4.98 Å². The normalized spacial score (nSPS) is 17.2. The zero-order valence-corrected chi connectivity index (χ0v) is 12.9. The summed E-state index contributed by atoms with van der Waals surface area (Å²) in [6, 6.07) is 3.40. The average molecular weight is 313 g/mol. The number of amides is 1. The summed E-state index contributed by atoms with van der Waals surface area (Å²) in [6.07, 6.45) is 1.53. The van der Waals surface area contributed by atoms with E-state index < -0.39 is 16.1 Å². The standard InChI is InChI=1S/C12H19N5O3S/c1-15(2)21(19,20)17-7-5-16(6-8-17)10-3-4-14-11(9-10)12(13)18/h3-4,9H,5-8H2,1-2H3,(H2,13,18). The van der Waals surface area contributed by atoms with Gasteiger partial charge < -0.3 is 10.6 Å². The second-order valence-electron chi connectivity index (χ2n) is 4.94. The second kappa shape index (κ2) is 5.96. The molecule has 1 saturated heterocycles. The Morgan fingerprint density at radius 3 is 2.43 bits per heavy atom. The van der Waals surface area contributed by atoms with Crippen molar-refractivity contribution in [3.05, 3.63) is 24.0 Å². The van der Waals surface area contributed by atoms with Crippen LogP contribution in [0.25, 0.3) is 0 Å². The molecule has 1 aromatic heterocycles. The largest absolute Gasteiger partial charge is 0.369 e. The number of primary amides is 1. The molecule has 21 heavy (non-hydrogen) atoms. The fourth-order valence-corrected chi connectivity index (χ4v) is 3.25. The molecule has 8 nitrogen and oxygen atoms in total. The third-order valence-corrected chi connectivity index (χ3v) is 5.33. The first-order chi connectivity index (χ1) is 9.82. The lowest BCUT2D eigenvalue weighted by atomic mass is 10.2. The lowest BCUT2D eigenvalue weighted by molar-refractivity contribution is 0.0995. The van der Waals surface area contributed by atoms with E-state index in [0.29, 0.717) is 26.2 Å². The Kier molecular flexibility index (Phi) is 4.45. The highest BCUT2D eigenvalue weighted by molar-refractivity contribution is 7.86. The molecular formula is C12H19N5O3S. The quantitative estimate of drug-likeness (QED) is 0.777. The van der Waals surface area contributed by atoms with Crippen LogP contribution >= 0.6 is 0 Å². The highest BCUT2D eigenvalue weighted by atomic mass is 32.2. The topological polar surface area (TPSA) is 99.8 Å². The molecule has 9 heteroatoms. The zero-order chi connectivity index (χ0) is 15.6. The van der Waals surface area contributed by atoms with Gasteiger partial charge in [0.15, 0.2) is 0 Å². The molecule has 0 saturated carbocycles. The number of pyridine rings is 1. The lowest BCUT2D eigenvalue weighted by Gasteiger charge is -2.36. The molecule has 0 atom stereocenters. The number of hydrogen-bond acceptors (Lipinski definition) is 5. The maximum Gasteiger partial charge on any atom is 0.281 e. The molecule has 116 valence electrons. The number of piperazine rings is 1. The van der Waals surface area contributed by atoms with Crippen LogP contribution in [0.1, 0.15) is 10.5 Å². The van der Waals surface area contributed by atoms with E-state index in [1.54, 1.807) is 12.1 Å². The van der Waals surface area contributed by atoms with Crippen LogP contribution in [-0.2, 0) is 10.2 Å². The molecule has 2 heterocycles. The molecule has 0 unspecified atom stereocenters. The third kappa shape index (κ3) is 3.31. The van der Waals surface area contributed by atoms with E-state index in [-0.39, 0.29) is 5.69 Å². The molecule has 2 rings (SSSR count). The SMILES string of the molecule is CN(C)S(=O)(=O)N1CCN(c2ccnc(C(N)=O)c2)CC1. The summed E-state index contributed by atoms with van der Waals surface area (Å²) >= 11 is 0. The fraction of sp³-hybridized carbons (Fsp3) is 0.500. The Hall–Kier alpha value is -1.71. The molecule has 2 N–H and O–H groups in total. The van der Waals surface area contributed by atoms with Gasteiger partial charge in [-0.05, 0) is 12.1 Å². The van der Waals surface area contributed by atoms with Gasteiger partial charge in [-0.3, -0.25) is 9.78 Å². The summed E-state index contributed by atoms with van der Waals surface area (Å²) in [5, 5.41) is 0. The minimum Gasteiger partial charge on any atom is -0.369 e. The van der Waals surface area contributed by atoms with Crippen LogP contribution in [0.2, 0.25) is 0 Å². The Morgan fingerprint density at radius 2 is 1.90 bits per heavy atom. The van der Waals surface area contributed by atoms with Crippen LogP contribution in [0.4, 0.5) is 5.69 Å². The molecule has 1 aliphatic heterocycles. The molecule has 0 radical (unpaired) electrons. The van der Waals surface area contributed by atoms with Crippen molar-refractivity contribution in [2.45, 2.75) is 0 Å². The van der Waals surface area contributed by atoms with Gasteiger partial charge >= 0.3 is 0 Å². The van der Waals surface area contributed by atoms with Crippen LogP contribution in [0.15, 0.2) is 18.3 Å². The first kappa shape index (κ1) is 15.7. The molecule has 1 fully saturated rings. The van der Waals surface area contributed by atoms with Gasteiger partial charge in [0.1, 0.15) is 5.69 Å². The number of rotatable bonds is 4. The first-order valence-corrected chi connectivity index (χ1v) is 7.90. The van der Waals surface area contributed by atoms with Gasteiger partial charge in [0.05, 0.1) is 0 Å². The third-order valence-electron chi connectivity index (χ3n) is 3.39. The molecule has 0 spiro atoms. The molecule has 0 aromatic carbocycles. The van der Waals surface area contributed by atoms with E-state index in [0.717, 1.165) is 5.69 Å². The van der Waals surface area contributed by atoms with Crippen molar-refractivity contribution in [1.82, 2.24) is 13.6 Å². The summed E-state index contributed by atoms with van der Waals surface area (Å²) in [7, 11) is -0.338. The maximum atomic E-state index is 12.0. The number of carbonyl (C=O) groups excluding carboxylic acids is 1. The van der Waals surface area contributed by atoms with Crippen molar-refractivity contribution in [1.29, 1.82) is 0 Å². The Labute approximate surface area is 124 Å². The van der Waals surface area contributed by atoms with E-state index in [9.17, 15) is 13.2 Å². The minimum absolute atomic E-state index is 0.204. The summed E-state index contributed by atoms with van der Waals surface area (Å²) in [5.74, 6) is -0.578. The minimum atomic E-state index is -3.37. The van der Waals surface area contributed by atoms with Crippen molar-refractivity contribution in [2.24, 2.45) is 5.73 Å². The van der Waals surface area contributed by atoms with Crippen molar-refractivity contribution < 1.29 is 13.2 Å². The van der Waals surface area contributed by atoms with Gasteiger partial charge in [0.2, 0.25) is 0 Å². The molecule has 1 aliphatic rings. The van der Waals surface area contributed by atoms with E-state index in [1.165, 1.54) is 28.9 Å². The molecule has 0 aliphatic carbocycles. The second-order valence-corrected chi connectivity index (χ2v) is 7.08. The van der Waals surface area contributed by atoms with Crippen LogP contribution < -0.4 is 10.6 Å². The monoisotopic (exact) mass is 313 g/mol. The molecule has 0 bridgehead atoms. The van der Waals surface area contributed by atoms with Gasteiger partial charge in [-0.2, -0.15) is 17.0 Å². The molecule has 1 amide bonds. The first-order valence-electron chi connectivity index (χ1n) is 6.51. The van der Waals surface area contributed by atoms with Crippen LogP contribution in [0, 0.1) is 0 Å². The van der Waals surface area contributed by atoms with Crippen molar-refractivity contribution >= 4 is 21.8 Å². The Bertz CT molecular complexity index is 624. The van der Waals surface area contributed by atoms with Crippen LogP contribution in [-0.4, -0.2) is 68.2 Å². The van der Waals surface area contributed by atoms with Gasteiger partial charge in [0.25, 0.3) is 16.1 Å². The summed E-state index contributed by atoms with van der Waals surface area (Å²) in [4.78, 5) is 17.0. The Balaban J connectivity index is 2.08. The Morgan fingerprint density at radius 1 is 1.29 bits per heavy atom. The molecular weight excluding hydrogens is 294 g/mol. The predicted octanol–water partition coefficient (Wildman–Crippen LogP) is -0.891. The smallest absolute Gasteiger partial charge is 0.281 e. The maximum absolute atomic E-state index is 12.0. The number of carbonyl (C=O) groups is 1. The van der Waals surface area contributed by atoms with Crippen molar-refractivity contribution in [3.63, 3.8) is 0 Å². The van der Waals surface area contributed by atoms with Gasteiger partial charge in [0, 0.05) is 52.2 Å². The summed E-state index contributed by atoms with van der Waals surface area (Å²) in [5.41, 5.74) is 6.24. The predicted molar refractivity (Wildman–Crippen MR) is 79.1 cm³/mol. The zero-order valence-electron chi connectivity index (χ0n) is 12.1. The summed E-state index contributed by atoms with van der Waals surface area (Å²) < 4.78 is 26.7. The van der Waals surface area contributed by atoms with Crippen LogP contribution in [0.5, 0.6) is 0 Å². The molecule has 1 aromatic rings. The summed E-state index contributed by atoms with van der Waals surface area (Å²) in [6.45, 7) is 1.90. The lowest BCUT2D eigenvalue weighted by Crippen LogP contribution is -2.51. The van der Waals surface area contributed by atoms with Crippen molar-refractivity contribution in [3.8, 4) is 0 Å². The highest BCUT2D eigenvalue weighted by Crippen LogP contribution is 2.18. The highest BCUT2D eigenvalue weighted by Gasteiger charge is 2.28. The van der Waals surface area contributed by atoms with Crippen LogP contribution in [0.3, 0.4) is 0 Å². The van der Waals surface area contributed by atoms with E-state index in [4.69, 9.17) is 5.73 Å². The number of anilines is 1. The van der Waals surface area contributed by atoms with Gasteiger partial charge in [-0.15, -0.1) is 0 Å². The number of hydrogen-bond donors (Lipinski definition) is 1. The number of aromatic nitrogens is 1. The fourth-order valence-electron chi connectivity index (χ4n) is 2.16. The van der Waals surface area contributed by atoms with E-state index in [1.807, 2.05) is 4.90 Å². The number of nitrogens with two attached hydrogens (primary N) is 1. The average Bonchev–Trinajstić information content (AvgIpc) is 2.47. The van der Waals surface area contributed by atoms with Gasteiger partial charge in [-0.25, -0.2) is 0 Å².